The number of aromatic nitrogens is 5. The molecule has 2 aromatic carbocycles. The number of halogens is 2. The first-order chi connectivity index (χ1) is 15.6. The number of rotatable bonds is 5. The summed E-state index contributed by atoms with van der Waals surface area (Å²) in [7, 11) is 3.12. The zero-order valence-electron chi connectivity index (χ0n) is 17.2. The van der Waals surface area contributed by atoms with Crippen LogP contribution < -0.4 is 9.47 Å². The topological polar surface area (TPSA) is 75.0 Å². The molecule has 0 atom stereocenters. The molecule has 0 unspecified atom stereocenters. The number of benzene rings is 2. The van der Waals surface area contributed by atoms with Crippen molar-refractivity contribution in [1.29, 1.82) is 0 Å². The van der Waals surface area contributed by atoms with Crippen molar-refractivity contribution in [3.8, 4) is 22.8 Å². The largest absolute Gasteiger partial charge is 0.497 e. The van der Waals surface area contributed by atoms with Crippen LogP contribution >= 0.6 is 0 Å². The standard InChI is InChI=1S/C23H17F2N5O2/c1-31-13-5-6-14(20(8-13)32-2)19-10-27-22-23(29-19)30(12-28-22)11-16-17(24)9-18-15(21(16)25)4-3-7-26-18/h3-10,12H,11H2,1-2H3. The van der Waals surface area contributed by atoms with Crippen LogP contribution in [0.25, 0.3) is 33.5 Å². The second-order valence-corrected chi connectivity index (χ2v) is 7.06. The van der Waals surface area contributed by atoms with Gasteiger partial charge in [0.15, 0.2) is 11.3 Å². The number of methoxy groups -OCH3 is 2. The molecule has 160 valence electrons. The van der Waals surface area contributed by atoms with Crippen LogP contribution in [0.3, 0.4) is 0 Å². The summed E-state index contributed by atoms with van der Waals surface area (Å²) in [4.78, 5) is 17.2. The molecular formula is C23H17F2N5O2. The highest BCUT2D eigenvalue weighted by molar-refractivity contribution is 5.80. The van der Waals surface area contributed by atoms with Gasteiger partial charge < -0.3 is 14.0 Å². The van der Waals surface area contributed by atoms with Gasteiger partial charge in [0.25, 0.3) is 0 Å². The summed E-state index contributed by atoms with van der Waals surface area (Å²) < 4.78 is 42.0. The van der Waals surface area contributed by atoms with Crippen LogP contribution in [-0.2, 0) is 6.54 Å². The summed E-state index contributed by atoms with van der Waals surface area (Å²) >= 11 is 0. The third-order valence-electron chi connectivity index (χ3n) is 5.23. The van der Waals surface area contributed by atoms with Gasteiger partial charge in [-0.25, -0.2) is 23.7 Å². The van der Waals surface area contributed by atoms with Gasteiger partial charge >= 0.3 is 0 Å². The third-order valence-corrected chi connectivity index (χ3v) is 5.23. The van der Waals surface area contributed by atoms with Crippen molar-refractivity contribution in [2.24, 2.45) is 0 Å². The molecule has 0 radical (unpaired) electrons. The van der Waals surface area contributed by atoms with E-state index in [0.29, 0.717) is 34.1 Å². The molecule has 0 aliphatic rings. The molecule has 7 nitrogen and oxygen atoms in total. The second kappa shape index (κ2) is 7.84. The fourth-order valence-corrected chi connectivity index (χ4v) is 3.60. The van der Waals surface area contributed by atoms with Crippen molar-refractivity contribution < 1.29 is 18.3 Å². The molecule has 0 N–H and O–H groups in total. The van der Waals surface area contributed by atoms with E-state index in [4.69, 9.17) is 9.47 Å². The number of imidazole rings is 1. The molecule has 0 aliphatic heterocycles. The first-order valence-electron chi connectivity index (χ1n) is 9.71. The van der Waals surface area contributed by atoms with Crippen LogP contribution in [0.2, 0.25) is 0 Å². The molecule has 3 aromatic heterocycles. The molecule has 0 aliphatic carbocycles. The van der Waals surface area contributed by atoms with Gasteiger partial charge in [0.2, 0.25) is 0 Å². The first kappa shape index (κ1) is 19.8. The highest BCUT2D eigenvalue weighted by atomic mass is 19.1. The molecule has 0 fully saturated rings. The van der Waals surface area contributed by atoms with Crippen molar-refractivity contribution in [3.05, 3.63) is 72.3 Å². The van der Waals surface area contributed by atoms with Crippen LogP contribution in [-0.4, -0.2) is 38.7 Å². The quantitative estimate of drug-likeness (QED) is 0.409. The zero-order chi connectivity index (χ0) is 22.2. The fourth-order valence-electron chi connectivity index (χ4n) is 3.60. The maximum absolute atomic E-state index is 15.1. The van der Waals surface area contributed by atoms with Gasteiger partial charge in [0.05, 0.1) is 44.5 Å². The predicted octanol–water partition coefficient (Wildman–Crippen LogP) is 4.39. The second-order valence-electron chi connectivity index (χ2n) is 7.06. The van der Waals surface area contributed by atoms with E-state index in [9.17, 15) is 4.39 Å². The lowest BCUT2D eigenvalue weighted by atomic mass is 10.1. The maximum atomic E-state index is 15.1. The zero-order valence-corrected chi connectivity index (χ0v) is 17.2. The highest BCUT2D eigenvalue weighted by Gasteiger charge is 2.18. The molecule has 0 amide bonds. The molecule has 32 heavy (non-hydrogen) atoms. The van der Waals surface area contributed by atoms with Gasteiger partial charge in [-0.3, -0.25) is 4.98 Å². The SMILES string of the molecule is COc1ccc(-c2cnc3ncn(Cc4c(F)cc5ncccc5c4F)c3n2)c(OC)c1. The van der Waals surface area contributed by atoms with Gasteiger partial charge in [-0.15, -0.1) is 0 Å². The highest BCUT2D eigenvalue weighted by Crippen LogP contribution is 2.32. The number of pyridine rings is 1. The molecule has 5 aromatic rings. The smallest absolute Gasteiger partial charge is 0.197 e. The van der Waals surface area contributed by atoms with Gasteiger partial charge in [-0.1, -0.05) is 0 Å². The number of nitrogens with zero attached hydrogens (tertiary/aromatic N) is 5. The predicted molar refractivity (Wildman–Crippen MR) is 115 cm³/mol. The van der Waals surface area contributed by atoms with Gasteiger partial charge in [0, 0.05) is 34.8 Å². The van der Waals surface area contributed by atoms with Crippen LogP contribution in [0, 0.1) is 11.6 Å². The summed E-state index contributed by atoms with van der Waals surface area (Å²) in [6.45, 7) is -0.100. The maximum Gasteiger partial charge on any atom is 0.197 e. The van der Waals surface area contributed by atoms with Crippen molar-refractivity contribution in [1.82, 2.24) is 24.5 Å². The van der Waals surface area contributed by atoms with Crippen molar-refractivity contribution >= 4 is 22.2 Å². The lowest BCUT2D eigenvalue weighted by molar-refractivity contribution is 0.395. The molecule has 0 saturated heterocycles. The summed E-state index contributed by atoms with van der Waals surface area (Å²) in [5.41, 5.74) is 2.15. The van der Waals surface area contributed by atoms with E-state index in [1.54, 1.807) is 49.2 Å². The Morgan fingerprint density at radius 2 is 1.88 bits per heavy atom. The average molecular weight is 433 g/mol. The van der Waals surface area contributed by atoms with Crippen molar-refractivity contribution in [2.75, 3.05) is 14.2 Å². The van der Waals surface area contributed by atoms with Crippen LogP contribution in [0.15, 0.2) is 55.1 Å². The summed E-state index contributed by atoms with van der Waals surface area (Å²) in [6.07, 6.45) is 4.54. The molecule has 0 spiro atoms. The average Bonchev–Trinajstić information content (AvgIpc) is 3.23. The Bertz CT molecular complexity index is 1470. The Morgan fingerprint density at radius 1 is 1.00 bits per heavy atom. The summed E-state index contributed by atoms with van der Waals surface area (Å²) in [6, 6.07) is 9.75. The van der Waals surface area contributed by atoms with Crippen LogP contribution in [0.4, 0.5) is 8.78 Å². The van der Waals surface area contributed by atoms with Gasteiger partial charge in [-0.05, 0) is 24.3 Å². The van der Waals surface area contributed by atoms with Crippen molar-refractivity contribution in [3.63, 3.8) is 0 Å². The van der Waals surface area contributed by atoms with E-state index in [1.807, 2.05) is 6.07 Å². The molecule has 0 bridgehead atoms. The summed E-state index contributed by atoms with van der Waals surface area (Å²) in [5, 5.41) is 0.253. The Morgan fingerprint density at radius 3 is 2.69 bits per heavy atom. The van der Waals surface area contributed by atoms with E-state index in [0.717, 1.165) is 0 Å². The van der Waals surface area contributed by atoms with E-state index in [-0.39, 0.29) is 23.0 Å². The first-order valence-corrected chi connectivity index (χ1v) is 9.71. The normalized spacial score (nSPS) is 11.2. The third kappa shape index (κ3) is 3.27. The fraction of sp³-hybridized carbons (Fsp3) is 0.130. The Labute approximate surface area is 181 Å². The van der Waals surface area contributed by atoms with E-state index in [2.05, 4.69) is 19.9 Å². The Hall–Kier alpha value is -4.14. The Balaban J connectivity index is 1.60. The van der Waals surface area contributed by atoms with Gasteiger partial charge in [0.1, 0.15) is 23.1 Å². The number of hydrogen-bond acceptors (Lipinski definition) is 6. The molecule has 9 heteroatoms. The van der Waals surface area contributed by atoms with Crippen LogP contribution in [0.5, 0.6) is 11.5 Å². The van der Waals surface area contributed by atoms with Gasteiger partial charge in [-0.2, -0.15) is 0 Å². The number of hydrogen-bond donors (Lipinski definition) is 0. The van der Waals surface area contributed by atoms with Crippen molar-refractivity contribution in [2.45, 2.75) is 6.54 Å². The molecule has 0 saturated carbocycles. The minimum absolute atomic E-state index is 0.0981. The lowest BCUT2D eigenvalue weighted by Gasteiger charge is -2.11. The van der Waals surface area contributed by atoms with E-state index < -0.39 is 11.6 Å². The molecule has 3 heterocycles. The molecular weight excluding hydrogens is 416 g/mol. The van der Waals surface area contributed by atoms with E-state index in [1.165, 1.54) is 18.6 Å². The monoisotopic (exact) mass is 433 g/mol. The lowest BCUT2D eigenvalue weighted by Crippen LogP contribution is -2.06. The summed E-state index contributed by atoms with van der Waals surface area (Å²) in [5.74, 6) is -0.142. The Kier molecular flexibility index (Phi) is 4.85. The number of ether oxygens (including phenoxy) is 2. The van der Waals surface area contributed by atoms with Crippen LogP contribution in [0.1, 0.15) is 5.56 Å². The van der Waals surface area contributed by atoms with E-state index >= 15 is 4.39 Å². The number of fused-ring (bicyclic) bond motifs is 2. The minimum atomic E-state index is -0.684. The molecule has 5 rings (SSSR count). The minimum Gasteiger partial charge on any atom is -0.497 e.